The van der Waals surface area contributed by atoms with E-state index in [-0.39, 0.29) is 17.2 Å². The summed E-state index contributed by atoms with van der Waals surface area (Å²) >= 11 is 0. The lowest BCUT2D eigenvalue weighted by Crippen LogP contribution is -2.41. The zero-order valence-corrected chi connectivity index (χ0v) is 15.3. The minimum absolute atomic E-state index is 0.0190. The van der Waals surface area contributed by atoms with Gasteiger partial charge < -0.3 is 10.5 Å². The van der Waals surface area contributed by atoms with Crippen LogP contribution < -0.4 is 10.5 Å². The van der Waals surface area contributed by atoms with Crippen LogP contribution in [0.3, 0.4) is 0 Å². The number of fused-ring (bicyclic) bond motifs is 5. The quantitative estimate of drug-likeness (QED) is 0.489. The molecule has 4 aromatic carbocycles. The van der Waals surface area contributed by atoms with Crippen molar-refractivity contribution in [2.24, 2.45) is 5.73 Å². The summed E-state index contributed by atoms with van der Waals surface area (Å²) < 4.78 is 5.96. The topological polar surface area (TPSA) is 76.1 Å². The number of hydrogen-bond donors (Lipinski definition) is 1. The van der Waals surface area contributed by atoms with E-state index in [0.29, 0.717) is 16.9 Å². The molecule has 0 saturated carbocycles. The zero-order valence-electron chi connectivity index (χ0n) is 15.3. The van der Waals surface area contributed by atoms with E-state index in [1.54, 1.807) is 0 Å². The second-order valence-corrected chi connectivity index (χ2v) is 7.40. The van der Waals surface area contributed by atoms with Crippen LogP contribution in [0.15, 0.2) is 84.3 Å². The summed E-state index contributed by atoms with van der Waals surface area (Å²) in [5, 5.41) is 13.7. The van der Waals surface area contributed by atoms with Gasteiger partial charge in [-0.3, -0.25) is 4.79 Å². The molecule has 29 heavy (non-hydrogen) atoms. The average Bonchev–Trinajstić information content (AvgIpc) is 3.00. The van der Waals surface area contributed by atoms with Gasteiger partial charge in [0.2, 0.25) is 5.88 Å². The van der Waals surface area contributed by atoms with E-state index in [0.717, 1.165) is 27.1 Å². The summed E-state index contributed by atoms with van der Waals surface area (Å²) in [4.78, 5) is 14.0. The number of benzene rings is 4. The Labute approximate surface area is 166 Å². The summed E-state index contributed by atoms with van der Waals surface area (Å²) in [6, 6.07) is 25.3. The van der Waals surface area contributed by atoms with Crippen LogP contribution in [-0.2, 0) is 5.41 Å². The van der Waals surface area contributed by atoms with Crippen molar-refractivity contribution >= 4 is 27.3 Å². The fourth-order valence-electron chi connectivity index (χ4n) is 4.95. The number of hydrogen-bond acceptors (Lipinski definition) is 4. The third-order valence-corrected chi connectivity index (χ3v) is 6.12. The van der Waals surface area contributed by atoms with Gasteiger partial charge in [0.25, 0.3) is 0 Å². The Hall–Kier alpha value is -4.10. The van der Waals surface area contributed by atoms with Crippen LogP contribution in [0, 0.1) is 11.3 Å². The van der Waals surface area contributed by atoms with E-state index in [2.05, 4.69) is 6.07 Å². The summed E-state index contributed by atoms with van der Waals surface area (Å²) in [5.74, 6) is 0.385. The van der Waals surface area contributed by atoms with E-state index in [4.69, 9.17) is 10.5 Å². The van der Waals surface area contributed by atoms with Gasteiger partial charge in [0.05, 0.1) is 0 Å². The van der Waals surface area contributed by atoms with Gasteiger partial charge in [-0.05, 0) is 21.7 Å². The van der Waals surface area contributed by atoms with E-state index < -0.39 is 5.41 Å². The predicted octanol–water partition coefficient (Wildman–Crippen LogP) is 4.56. The van der Waals surface area contributed by atoms with E-state index in [1.807, 2.05) is 72.8 Å². The molecule has 4 nitrogen and oxygen atoms in total. The lowest BCUT2D eigenvalue weighted by molar-refractivity contribution is 0.0937. The van der Waals surface area contributed by atoms with Crippen LogP contribution in [0.1, 0.15) is 21.5 Å². The van der Waals surface area contributed by atoms with Crippen molar-refractivity contribution in [2.75, 3.05) is 0 Å². The normalized spacial score (nSPS) is 19.5. The first-order valence-corrected chi connectivity index (χ1v) is 9.35. The molecule has 136 valence electrons. The number of nitrogens with two attached hydrogens (primary N) is 1. The van der Waals surface area contributed by atoms with Crippen LogP contribution in [0.25, 0.3) is 21.5 Å². The van der Waals surface area contributed by atoms with Crippen LogP contribution in [0.4, 0.5) is 0 Å². The predicted molar refractivity (Wildman–Crippen MR) is 110 cm³/mol. The molecule has 1 heterocycles. The molecule has 0 bridgehead atoms. The molecule has 0 saturated heterocycles. The van der Waals surface area contributed by atoms with Crippen LogP contribution >= 0.6 is 0 Å². The highest BCUT2D eigenvalue weighted by atomic mass is 16.5. The molecule has 0 fully saturated rings. The minimum atomic E-state index is -1.29. The minimum Gasteiger partial charge on any atom is -0.439 e. The molecule has 0 aromatic heterocycles. The average molecular weight is 374 g/mol. The number of nitriles is 1. The van der Waals surface area contributed by atoms with Crippen LogP contribution in [0.2, 0.25) is 0 Å². The maximum absolute atomic E-state index is 14.0. The molecule has 2 aliphatic rings. The largest absolute Gasteiger partial charge is 0.439 e. The summed E-state index contributed by atoms with van der Waals surface area (Å²) in [6.07, 6.45) is 0. The molecular weight excluding hydrogens is 360 g/mol. The molecule has 1 aliphatic carbocycles. The van der Waals surface area contributed by atoms with Crippen molar-refractivity contribution in [3.63, 3.8) is 0 Å². The van der Waals surface area contributed by atoms with E-state index >= 15 is 0 Å². The Morgan fingerprint density at radius 3 is 2.45 bits per heavy atom. The highest BCUT2D eigenvalue weighted by Crippen LogP contribution is 2.56. The molecule has 1 unspecified atom stereocenters. The zero-order chi connectivity index (χ0) is 19.8. The lowest BCUT2D eigenvalue weighted by atomic mass is 9.67. The standard InChI is InChI=1S/C25H14N2O2/c26-13-20-24(27)29-22-16-8-2-1-5-14(16)11-12-19(22)25(20)18-10-4-7-15-6-3-9-17(21(15)18)23(25)28/h1-12H,27H2. The Morgan fingerprint density at radius 2 is 1.62 bits per heavy atom. The monoisotopic (exact) mass is 374 g/mol. The number of carbonyl (C=O) groups is 1. The summed E-state index contributed by atoms with van der Waals surface area (Å²) in [7, 11) is 0. The second kappa shape index (κ2) is 5.24. The molecule has 1 aliphatic heterocycles. The van der Waals surface area contributed by atoms with Crippen LogP contribution in [-0.4, -0.2) is 5.78 Å². The van der Waals surface area contributed by atoms with Crippen LogP contribution in [0.5, 0.6) is 5.75 Å². The van der Waals surface area contributed by atoms with Gasteiger partial charge in [0, 0.05) is 16.5 Å². The van der Waals surface area contributed by atoms with Gasteiger partial charge in [-0.2, -0.15) is 5.26 Å². The Kier molecular flexibility index (Phi) is 2.88. The fourth-order valence-corrected chi connectivity index (χ4v) is 4.95. The highest BCUT2D eigenvalue weighted by Gasteiger charge is 2.56. The number of ketones is 1. The van der Waals surface area contributed by atoms with Gasteiger partial charge >= 0.3 is 0 Å². The molecule has 4 aromatic rings. The number of Topliss-reactive ketones (excluding diaryl/α,β-unsaturated/α-hetero) is 1. The maximum Gasteiger partial charge on any atom is 0.206 e. The van der Waals surface area contributed by atoms with Gasteiger partial charge in [-0.15, -0.1) is 0 Å². The molecule has 1 spiro atoms. The number of allylic oxidation sites excluding steroid dienone is 1. The van der Waals surface area contributed by atoms with Crippen molar-refractivity contribution in [2.45, 2.75) is 5.41 Å². The van der Waals surface area contributed by atoms with E-state index in [9.17, 15) is 10.1 Å². The van der Waals surface area contributed by atoms with Gasteiger partial charge in [0.15, 0.2) is 5.78 Å². The van der Waals surface area contributed by atoms with Crippen molar-refractivity contribution in [3.8, 4) is 11.8 Å². The first-order valence-electron chi connectivity index (χ1n) is 9.35. The van der Waals surface area contributed by atoms with Gasteiger partial charge in [-0.1, -0.05) is 72.8 Å². The van der Waals surface area contributed by atoms with Crippen molar-refractivity contribution in [1.29, 1.82) is 5.26 Å². The van der Waals surface area contributed by atoms with Gasteiger partial charge in [0.1, 0.15) is 22.8 Å². The maximum atomic E-state index is 14.0. The Morgan fingerprint density at radius 1 is 0.862 bits per heavy atom. The number of carbonyl (C=O) groups excluding carboxylic acids is 1. The Bertz CT molecular complexity index is 1470. The lowest BCUT2D eigenvalue weighted by Gasteiger charge is -2.35. The van der Waals surface area contributed by atoms with E-state index in [1.165, 1.54) is 0 Å². The molecule has 0 radical (unpaired) electrons. The third kappa shape index (κ3) is 1.71. The van der Waals surface area contributed by atoms with Gasteiger partial charge in [-0.25, -0.2) is 0 Å². The molecular formula is C25H14N2O2. The number of ether oxygens (including phenoxy) is 1. The third-order valence-electron chi connectivity index (χ3n) is 6.12. The second-order valence-electron chi connectivity index (χ2n) is 7.40. The van der Waals surface area contributed by atoms with Crippen molar-refractivity contribution in [3.05, 3.63) is 101 Å². The molecule has 0 amide bonds. The van der Waals surface area contributed by atoms with Crippen molar-refractivity contribution in [1.82, 2.24) is 0 Å². The summed E-state index contributed by atoms with van der Waals surface area (Å²) in [6.45, 7) is 0. The SMILES string of the molecule is N#CC1=C(N)Oc2c(ccc3ccccc23)C12C(=O)c1cccc3cccc2c13. The Balaban J connectivity index is 1.84. The number of nitrogens with zero attached hydrogens (tertiary/aromatic N) is 1. The molecule has 6 rings (SSSR count). The highest BCUT2D eigenvalue weighted by molar-refractivity contribution is 6.24. The first kappa shape index (κ1) is 15.9. The molecule has 1 atom stereocenters. The first-order chi connectivity index (χ1) is 14.2. The molecule has 4 heteroatoms. The number of rotatable bonds is 0. The van der Waals surface area contributed by atoms with Crippen molar-refractivity contribution < 1.29 is 9.53 Å². The smallest absolute Gasteiger partial charge is 0.206 e. The molecule has 2 N–H and O–H groups in total. The fraction of sp³-hybridized carbons (Fsp3) is 0.0400. The summed E-state index contributed by atoms with van der Waals surface area (Å²) in [5.41, 5.74) is 7.17.